The standard InChI is InChI=1S/C31H50N4O5/c1-28(2)13-23(14-29(3,4)34-28)39-26(36)20-9-11-22(12-10-20)38-19-25-32-17-21(18-33-25)27(37)40-24-15-30(5,6)35-31(7,8)16-24/h17-18,20,22-24,34-35H,9-16,19H2,1-8H3. The number of hydrogen-bond donors (Lipinski definition) is 2. The first kappa shape index (κ1) is 30.8. The molecule has 1 aromatic rings. The first-order valence-electron chi connectivity index (χ1n) is 14.9. The highest BCUT2D eigenvalue weighted by molar-refractivity contribution is 5.88. The van der Waals surface area contributed by atoms with Gasteiger partial charge in [0.25, 0.3) is 0 Å². The van der Waals surface area contributed by atoms with Gasteiger partial charge in [0.15, 0.2) is 5.82 Å². The highest BCUT2D eigenvalue weighted by Gasteiger charge is 2.41. The molecular weight excluding hydrogens is 508 g/mol. The van der Waals surface area contributed by atoms with Gasteiger partial charge in [0.1, 0.15) is 18.8 Å². The number of rotatable bonds is 7. The van der Waals surface area contributed by atoms with Crippen LogP contribution in [0.5, 0.6) is 0 Å². The van der Waals surface area contributed by atoms with Gasteiger partial charge in [-0.25, -0.2) is 14.8 Å². The number of esters is 2. The molecule has 1 saturated carbocycles. The Hall–Kier alpha value is -2.10. The van der Waals surface area contributed by atoms with Gasteiger partial charge in [0, 0.05) is 60.2 Å². The molecule has 0 aromatic carbocycles. The van der Waals surface area contributed by atoms with Gasteiger partial charge in [-0.1, -0.05) is 0 Å². The largest absolute Gasteiger partial charge is 0.462 e. The molecule has 3 aliphatic rings. The molecule has 0 unspecified atom stereocenters. The second-order valence-corrected chi connectivity index (χ2v) is 14.9. The first-order valence-corrected chi connectivity index (χ1v) is 14.9. The van der Waals surface area contributed by atoms with Crippen LogP contribution in [0, 0.1) is 5.92 Å². The van der Waals surface area contributed by atoms with Crippen LogP contribution in [-0.2, 0) is 25.6 Å². The number of carbonyl (C=O) groups is 2. The molecule has 9 heteroatoms. The van der Waals surface area contributed by atoms with Crippen LogP contribution >= 0.6 is 0 Å². The Kier molecular flexibility index (Phi) is 8.98. The maximum absolute atomic E-state index is 12.9. The summed E-state index contributed by atoms with van der Waals surface area (Å²) in [6.07, 6.45) is 9.16. The Morgan fingerprint density at radius 1 is 0.725 bits per heavy atom. The third-order valence-corrected chi connectivity index (χ3v) is 8.26. The minimum absolute atomic E-state index is 0.0523. The van der Waals surface area contributed by atoms with E-state index < -0.39 is 5.97 Å². The van der Waals surface area contributed by atoms with E-state index >= 15 is 0 Å². The second-order valence-electron chi connectivity index (χ2n) is 14.9. The van der Waals surface area contributed by atoms with Gasteiger partial charge in [-0.2, -0.15) is 0 Å². The summed E-state index contributed by atoms with van der Waals surface area (Å²) in [7, 11) is 0. The van der Waals surface area contributed by atoms with Crippen molar-refractivity contribution in [3.8, 4) is 0 Å². The van der Waals surface area contributed by atoms with Crippen molar-refractivity contribution in [1.29, 1.82) is 0 Å². The van der Waals surface area contributed by atoms with E-state index in [1.165, 1.54) is 12.4 Å². The quantitative estimate of drug-likeness (QED) is 0.453. The van der Waals surface area contributed by atoms with Crippen LogP contribution in [0.1, 0.15) is 123 Å². The van der Waals surface area contributed by atoms with Crippen LogP contribution in [0.15, 0.2) is 12.4 Å². The van der Waals surface area contributed by atoms with E-state index in [0.29, 0.717) is 11.4 Å². The number of aromatic nitrogens is 2. The van der Waals surface area contributed by atoms with E-state index in [4.69, 9.17) is 14.2 Å². The highest BCUT2D eigenvalue weighted by Crippen LogP contribution is 2.34. The highest BCUT2D eigenvalue weighted by atomic mass is 16.5. The van der Waals surface area contributed by atoms with Crippen molar-refractivity contribution >= 4 is 11.9 Å². The summed E-state index contributed by atoms with van der Waals surface area (Å²) in [4.78, 5) is 34.3. The van der Waals surface area contributed by atoms with E-state index in [0.717, 1.165) is 51.4 Å². The fraction of sp³-hybridized carbons (Fsp3) is 0.806. The molecule has 3 fully saturated rings. The smallest absolute Gasteiger partial charge is 0.341 e. The molecule has 2 aliphatic heterocycles. The SMILES string of the molecule is CC1(C)CC(OC(=O)c2cnc(COC3CCC(C(=O)OC4CC(C)(C)NC(C)(C)C4)CC3)nc2)CC(C)(C)N1. The van der Waals surface area contributed by atoms with Crippen molar-refractivity contribution in [1.82, 2.24) is 20.6 Å². The summed E-state index contributed by atoms with van der Waals surface area (Å²) in [5.41, 5.74) is 0.0227. The third kappa shape index (κ3) is 8.70. The number of nitrogens with zero attached hydrogens (tertiary/aromatic N) is 2. The average Bonchev–Trinajstić information content (AvgIpc) is 2.79. The molecule has 0 radical (unpaired) electrons. The molecular formula is C31H50N4O5. The maximum atomic E-state index is 12.9. The molecule has 9 nitrogen and oxygen atoms in total. The normalized spacial score (nSPS) is 28.0. The van der Waals surface area contributed by atoms with Gasteiger partial charge in [-0.3, -0.25) is 4.79 Å². The summed E-state index contributed by atoms with van der Waals surface area (Å²) in [6, 6.07) is 0. The Labute approximate surface area is 239 Å². The van der Waals surface area contributed by atoms with Crippen molar-refractivity contribution in [2.45, 2.75) is 154 Å². The molecule has 2 saturated heterocycles. The van der Waals surface area contributed by atoms with Crippen LogP contribution in [0.25, 0.3) is 0 Å². The number of piperidine rings is 2. The van der Waals surface area contributed by atoms with Gasteiger partial charge < -0.3 is 24.8 Å². The van der Waals surface area contributed by atoms with Crippen LogP contribution in [0.2, 0.25) is 0 Å². The predicted molar refractivity (Wildman–Crippen MR) is 153 cm³/mol. The molecule has 1 aromatic heterocycles. The van der Waals surface area contributed by atoms with E-state index in [1.54, 1.807) is 0 Å². The maximum Gasteiger partial charge on any atom is 0.341 e. The molecule has 0 atom stereocenters. The zero-order valence-electron chi connectivity index (χ0n) is 25.8. The van der Waals surface area contributed by atoms with Crippen molar-refractivity contribution in [3.05, 3.63) is 23.8 Å². The van der Waals surface area contributed by atoms with Crippen molar-refractivity contribution < 1.29 is 23.8 Å². The predicted octanol–water partition coefficient (Wildman–Crippen LogP) is 4.87. The molecule has 0 spiro atoms. The number of nitrogens with one attached hydrogen (secondary N) is 2. The third-order valence-electron chi connectivity index (χ3n) is 8.26. The second kappa shape index (κ2) is 11.6. The minimum Gasteiger partial charge on any atom is -0.462 e. The number of carbonyl (C=O) groups excluding carboxylic acids is 2. The lowest BCUT2D eigenvalue weighted by Gasteiger charge is -2.46. The van der Waals surface area contributed by atoms with Crippen molar-refractivity contribution in [2.24, 2.45) is 5.92 Å². The summed E-state index contributed by atoms with van der Waals surface area (Å²) >= 11 is 0. The lowest BCUT2D eigenvalue weighted by Crippen LogP contribution is -2.59. The number of ether oxygens (including phenoxy) is 3. The molecule has 2 N–H and O–H groups in total. The van der Waals surface area contributed by atoms with Crippen molar-refractivity contribution in [2.75, 3.05) is 0 Å². The summed E-state index contributed by atoms with van der Waals surface area (Å²) in [5, 5.41) is 7.23. The van der Waals surface area contributed by atoms with Gasteiger partial charge in [-0.15, -0.1) is 0 Å². The van der Waals surface area contributed by atoms with Crippen molar-refractivity contribution in [3.63, 3.8) is 0 Å². The summed E-state index contributed by atoms with van der Waals surface area (Å²) in [6.45, 7) is 17.4. The zero-order chi connectivity index (χ0) is 29.3. The van der Waals surface area contributed by atoms with E-state index in [-0.39, 0.29) is 59.0 Å². The van der Waals surface area contributed by atoms with Gasteiger partial charge in [-0.05, 0) is 81.1 Å². The Balaban J connectivity index is 1.19. The monoisotopic (exact) mass is 558 g/mol. The molecule has 0 bridgehead atoms. The Morgan fingerprint density at radius 3 is 1.65 bits per heavy atom. The molecule has 40 heavy (non-hydrogen) atoms. The van der Waals surface area contributed by atoms with Gasteiger partial charge in [0.2, 0.25) is 0 Å². The van der Waals surface area contributed by atoms with Gasteiger partial charge >= 0.3 is 11.9 Å². The molecule has 4 rings (SSSR count). The topological polar surface area (TPSA) is 112 Å². The van der Waals surface area contributed by atoms with E-state index in [1.807, 2.05) is 0 Å². The molecule has 1 aliphatic carbocycles. The van der Waals surface area contributed by atoms with Crippen LogP contribution in [0.3, 0.4) is 0 Å². The fourth-order valence-electron chi connectivity index (χ4n) is 7.30. The fourth-order valence-corrected chi connectivity index (χ4v) is 7.30. The molecule has 224 valence electrons. The average molecular weight is 559 g/mol. The lowest BCUT2D eigenvalue weighted by atomic mass is 9.80. The van der Waals surface area contributed by atoms with Crippen LogP contribution in [0.4, 0.5) is 0 Å². The van der Waals surface area contributed by atoms with Gasteiger partial charge in [0.05, 0.1) is 17.6 Å². The van der Waals surface area contributed by atoms with E-state index in [9.17, 15) is 9.59 Å². The Morgan fingerprint density at radius 2 is 1.18 bits per heavy atom. The van der Waals surface area contributed by atoms with Crippen LogP contribution in [-0.4, -0.2) is 62.4 Å². The Bertz CT molecular complexity index is 1010. The first-order chi connectivity index (χ1) is 18.5. The number of hydrogen-bond acceptors (Lipinski definition) is 9. The lowest BCUT2D eigenvalue weighted by molar-refractivity contribution is -0.160. The molecule has 0 amide bonds. The van der Waals surface area contributed by atoms with Crippen LogP contribution < -0.4 is 10.6 Å². The minimum atomic E-state index is -0.396. The molecule has 3 heterocycles. The zero-order valence-corrected chi connectivity index (χ0v) is 25.8. The van der Waals surface area contributed by atoms with E-state index in [2.05, 4.69) is 76.0 Å². The summed E-state index contributed by atoms with van der Waals surface area (Å²) in [5.74, 6) is -0.0101. The summed E-state index contributed by atoms with van der Waals surface area (Å²) < 4.78 is 17.9.